The summed E-state index contributed by atoms with van der Waals surface area (Å²) in [4.78, 5) is 10.8. The van der Waals surface area contributed by atoms with Gasteiger partial charge in [0.1, 0.15) is 0 Å². The fourth-order valence-electron chi connectivity index (χ4n) is 1.48. The van der Waals surface area contributed by atoms with Gasteiger partial charge in [0.15, 0.2) is 0 Å². The molecule has 0 aliphatic heterocycles. The number of ether oxygens (including phenoxy) is 1. The Hall–Kier alpha value is -1.30. The second kappa shape index (κ2) is 11.8. The van der Waals surface area contributed by atoms with E-state index < -0.39 is 0 Å². The van der Waals surface area contributed by atoms with E-state index in [4.69, 9.17) is 5.26 Å². The molecule has 0 aromatic carbocycles. The Morgan fingerprint density at radius 2 is 1.81 bits per heavy atom. The third-order valence-corrected chi connectivity index (χ3v) is 2.42. The monoisotopic (exact) mass is 223 g/mol. The molecule has 0 aliphatic carbocycles. The quantitative estimate of drug-likeness (QED) is 0.342. The first-order valence-electron chi connectivity index (χ1n) is 5.92. The summed E-state index contributed by atoms with van der Waals surface area (Å²) in [6.45, 7) is 0. The van der Waals surface area contributed by atoms with Crippen molar-refractivity contribution >= 4 is 5.97 Å². The molecule has 0 aromatic heterocycles. The van der Waals surface area contributed by atoms with Gasteiger partial charge in [0.25, 0.3) is 0 Å². The van der Waals surface area contributed by atoms with Crippen LogP contribution in [0.2, 0.25) is 0 Å². The Bertz CT molecular complexity index is 241. The van der Waals surface area contributed by atoms with Crippen molar-refractivity contribution in [3.8, 4) is 6.07 Å². The lowest BCUT2D eigenvalue weighted by Gasteiger charge is -2.00. The summed E-state index contributed by atoms with van der Waals surface area (Å²) in [6, 6.07) is 1.98. The molecule has 3 heteroatoms. The average molecular weight is 223 g/mol. The molecule has 0 N–H and O–H groups in total. The summed E-state index contributed by atoms with van der Waals surface area (Å²) in [5.74, 6) is -0.110. The number of esters is 1. The topological polar surface area (TPSA) is 50.1 Å². The first-order valence-corrected chi connectivity index (χ1v) is 5.92. The summed E-state index contributed by atoms with van der Waals surface area (Å²) in [5.41, 5.74) is 0. The van der Waals surface area contributed by atoms with Crippen molar-refractivity contribution in [2.45, 2.75) is 51.4 Å². The van der Waals surface area contributed by atoms with Crippen LogP contribution in [0.5, 0.6) is 0 Å². The highest BCUT2D eigenvalue weighted by Gasteiger charge is 1.98. The minimum Gasteiger partial charge on any atom is -0.469 e. The van der Waals surface area contributed by atoms with Gasteiger partial charge in [-0.15, -0.1) is 0 Å². The number of unbranched alkanes of at least 4 members (excludes halogenated alkanes) is 6. The summed E-state index contributed by atoms with van der Waals surface area (Å²) in [7, 11) is 1.43. The highest BCUT2D eigenvalue weighted by molar-refractivity contribution is 5.68. The molecule has 0 bridgehead atoms. The van der Waals surface area contributed by atoms with Crippen molar-refractivity contribution in [1.29, 1.82) is 5.26 Å². The molecule has 0 radical (unpaired) electrons. The third kappa shape index (κ3) is 10.8. The first-order chi connectivity index (χ1) is 7.81. The standard InChI is InChI=1S/C13H21NO2/c1-16-13(15)11-9-7-5-3-2-4-6-8-10-12-14/h8,10H,2-7,9,11H2,1H3/b10-8+. The van der Waals surface area contributed by atoms with Gasteiger partial charge in [0.05, 0.1) is 13.2 Å². The second-order valence-corrected chi connectivity index (χ2v) is 3.77. The molecule has 0 unspecified atom stereocenters. The van der Waals surface area contributed by atoms with Gasteiger partial charge in [0, 0.05) is 12.5 Å². The van der Waals surface area contributed by atoms with Crippen LogP contribution in [0.3, 0.4) is 0 Å². The van der Waals surface area contributed by atoms with E-state index in [1.807, 2.05) is 12.1 Å². The molecule has 0 heterocycles. The SMILES string of the molecule is COC(=O)CCCCCCCC/C=C/C#N. The Balaban J connectivity index is 3.07. The maximum atomic E-state index is 10.8. The van der Waals surface area contributed by atoms with Crippen LogP contribution in [-0.4, -0.2) is 13.1 Å². The predicted octanol–water partition coefficient (Wildman–Crippen LogP) is 3.36. The molecule has 16 heavy (non-hydrogen) atoms. The van der Waals surface area contributed by atoms with Crippen LogP contribution in [0.1, 0.15) is 51.4 Å². The lowest BCUT2D eigenvalue weighted by atomic mass is 10.1. The lowest BCUT2D eigenvalue weighted by Crippen LogP contribution is -1.99. The Kier molecular flexibility index (Phi) is 10.8. The van der Waals surface area contributed by atoms with E-state index in [1.165, 1.54) is 32.4 Å². The maximum Gasteiger partial charge on any atom is 0.305 e. The summed E-state index contributed by atoms with van der Waals surface area (Å²) >= 11 is 0. The molecular formula is C13H21NO2. The Morgan fingerprint density at radius 3 is 2.44 bits per heavy atom. The number of carbonyl (C=O) groups excluding carboxylic acids is 1. The predicted molar refractivity (Wildman–Crippen MR) is 63.7 cm³/mol. The van der Waals surface area contributed by atoms with Crippen LogP contribution in [0.25, 0.3) is 0 Å². The van der Waals surface area contributed by atoms with E-state index in [-0.39, 0.29) is 5.97 Å². The van der Waals surface area contributed by atoms with E-state index in [2.05, 4.69) is 4.74 Å². The number of hydrogen-bond acceptors (Lipinski definition) is 3. The number of carbonyl (C=O) groups is 1. The van der Waals surface area contributed by atoms with Crippen molar-refractivity contribution in [2.75, 3.05) is 7.11 Å². The second-order valence-electron chi connectivity index (χ2n) is 3.77. The van der Waals surface area contributed by atoms with Crippen molar-refractivity contribution in [2.24, 2.45) is 0 Å². The van der Waals surface area contributed by atoms with Crippen LogP contribution in [-0.2, 0) is 9.53 Å². The van der Waals surface area contributed by atoms with E-state index >= 15 is 0 Å². The fourth-order valence-corrected chi connectivity index (χ4v) is 1.48. The van der Waals surface area contributed by atoms with Crippen LogP contribution in [0.15, 0.2) is 12.2 Å². The number of hydrogen-bond donors (Lipinski definition) is 0. The van der Waals surface area contributed by atoms with Gasteiger partial charge in [-0.3, -0.25) is 4.79 Å². The van der Waals surface area contributed by atoms with E-state index in [1.54, 1.807) is 0 Å². The first kappa shape index (κ1) is 14.7. The average Bonchev–Trinajstić information content (AvgIpc) is 2.31. The zero-order valence-electron chi connectivity index (χ0n) is 10.1. The lowest BCUT2D eigenvalue weighted by molar-refractivity contribution is -0.140. The number of nitriles is 1. The largest absolute Gasteiger partial charge is 0.469 e. The number of allylic oxidation sites excluding steroid dienone is 2. The van der Waals surface area contributed by atoms with E-state index in [0.29, 0.717) is 6.42 Å². The minimum atomic E-state index is -0.110. The summed E-state index contributed by atoms with van der Waals surface area (Å²) in [6.07, 6.45) is 11.8. The molecule has 0 atom stereocenters. The van der Waals surface area contributed by atoms with Crippen molar-refractivity contribution in [1.82, 2.24) is 0 Å². The molecule has 0 fully saturated rings. The molecule has 0 aliphatic rings. The van der Waals surface area contributed by atoms with Crippen molar-refractivity contribution < 1.29 is 9.53 Å². The zero-order chi connectivity index (χ0) is 12.1. The third-order valence-electron chi connectivity index (χ3n) is 2.42. The molecule has 0 amide bonds. The number of methoxy groups -OCH3 is 1. The van der Waals surface area contributed by atoms with Gasteiger partial charge in [-0.05, 0) is 19.3 Å². The normalized spacial score (nSPS) is 10.2. The highest BCUT2D eigenvalue weighted by atomic mass is 16.5. The molecule has 0 spiro atoms. The molecule has 90 valence electrons. The van der Waals surface area contributed by atoms with Gasteiger partial charge in [-0.25, -0.2) is 0 Å². The summed E-state index contributed by atoms with van der Waals surface area (Å²) in [5, 5.41) is 8.26. The van der Waals surface area contributed by atoms with Crippen LogP contribution in [0.4, 0.5) is 0 Å². The van der Waals surface area contributed by atoms with E-state index in [0.717, 1.165) is 25.7 Å². The van der Waals surface area contributed by atoms with Gasteiger partial charge in [0.2, 0.25) is 0 Å². The molecule has 0 saturated carbocycles. The fraction of sp³-hybridized carbons (Fsp3) is 0.692. The molecule has 0 aromatic rings. The Labute approximate surface area is 98.1 Å². The summed E-state index contributed by atoms with van der Waals surface area (Å²) < 4.78 is 4.56. The molecule has 0 rings (SSSR count). The zero-order valence-corrected chi connectivity index (χ0v) is 10.1. The molecule has 0 saturated heterocycles. The molecular weight excluding hydrogens is 202 g/mol. The van der Waals surface area contributed by atoms with Crippen LogP contribution >= 0.6 is 0 Å². The van der Waals surface area contributed by atoms with Crippen LogP contribution in [0, 0.1) is 11.3 Å². The van der Waals surface area contributed by atoms with Gasteiger partial charge in [-0.2, -0.15) is 5.26 Å². The number of nitrogens with zero attached hydrogens (tertiary/aromatic N) is 1. The Morgan fingerprint density at radius 1 is 1.19 bits per heavy atom. The van der Waals surface area contributed by atoms with Crippen LogP contribution < -0.4 is 0 Å². The van der Waals surface area contributed by atoms with Crippen molar-refractivity contribution in [3.63, 3.8) is 0 Å². The van der Waals surface area contributed by atoms with Gasteiger partial charge < -0.3 is 4.74 Å². The highest BCUT2D eigenvalue weighted by Crippen LogP contribution is 2.09. The maximum absolute atomic E-state index is 10.8. The minimum absolute atomic E-state index is 0.110. The number of rotatable bonds is 9. The molecule has 3 nitrogen and oxygen atoms in total. The van der Waals surface area contributed by atoms with Gasteiger partial charge >= 0.3 is 5.97 Å². The smallest absolute Gasteiger partial charge is 0.305 e. The van der Waals surface area contributed by atoms with Gasteiger partial charge in [-0.1, -0.05) is 31.8 Å². The van der Waals surface area contributed by atoms with Crippen molar-refractivity contribution in [3.05, 3.63) is 12.2 Å². The van der Waals surface area contributed by atoms with E-state index in [9.17, 15) is 4.79 Å².